The number of ether oxygens (including phenoxy) is 1. The monoisotopic (exact) mass is 570 g/mol. The van der Waals surface area contributed by atoms with Gasteiger partial charge in [-0.3, -0.25) is 9.48 Å². The second kappa shape index (κ2) is 10.5. The molecule has 0 saturated carbocycles. The maximum atomic E-state index is 13.6. The highest BCUT2D eigenvalue weighted by Gasteiger charge is 2.43. The van der Waals surface area contributed by atoms with Crippen molar-refractivity contribution in [2.75, 3.05) is 20.1 Å². The van der Waals surface area contributed by atoms with Crippen LogP contribution >= 0.6 is 0 Å². The molecule has 1 N–H and O–H groups in total. The average Bonchev–Trinajstić information content (AvgIpc) is 3.50. The molecule has 0 spiro atoms. The van der Waals surface area contributed by atoms with Crippen molar-refractivity contribution in [2.45, 2.75) is 77.2 Å². The molecule has 4 heterocycles. The average molecular weight is 571 g/mol. The largest absolute Gasteiger partial charge is 0.444 e. The summed E-state index contributed by atoms with van der Waals surface area (Å²) in [5, 5.41) is 6.38. The summed E-state index contributed by atoms with van der Waals surface area (Å²) in [6.07, 6.45) is 3.61. The van der Waals surface area contributed by atoms with Crippen molar-refractivity contribution in [3.05, 3.63) is 64.6 Å². The molecule has 0 aliphatic carbocycles. The van der Waals surface area contributed by atoms with E-state index in [-0.39, 0.29) is 25.1 Å². The van der Waals surface area contributed by atoms with E-state index < -0.39 is 26.9 Å². The lowest BCUT2D eigenvalue weighted by molar-refractivity contribution is -0.119. The molecule has 216 valence electrons. The van der Waals surface area contributed by atoms with Crippen molar-refractivity contribution < 1.29 is 22.7 Å². The molecule has 2 aromatic rings. The van der Waals surface area contributed by atoms with Gasteiger partial charge < -0.3 is 19.9 Å². The van der Waals surface area contributed by atoms with Gasteiger partial charge in [-0.05, 0) is 62.9 Å². The van der Waals surface area contributed by atoms with E-state index in [0.29, 0.717) is 38.3 Å². The van der Waals surface area contributed by atoms with E-state index in [4.69, 9.17) is 4.74 Å². The van der Waals surface area contributed by atoms with Crippen LogP contribution in [0.2, 0.25) is 0 Å². The van der Waals surface area contributed by atoms with Crippen molar-refractivity contribution in [2.24, 2.45) is 0 Å². The smallest absolute Gasteiger partial charge is 0.410 e. The van der Waals surface area contributed by atoms with Crippen LogP contribution in [0, 0.1) is 0 Å². The molecule has 3 aliphatic heterocycles. The molecule has 2 unspecified atom stereocenters. The zero-order valence-corrected chi connectivity index (χ0v) is 24.6. The van der Waals surface area contributed by atoms with Crippen molar-refractivity contribution in [1.29, 1.82) is 0 Å². The van der Waals surface area contributed by atoms with E-state index in [1.54, 1.807) is 29.1 Å². The van der Waals surface area contributed by atoms with Gasteiger partial charge in [-0.2, -0.15) is 9.40 Å². The van der Waals surface area contributed by atoms with E-state index in [2.05, 4.69) is 10.4 Å². The molecular formula is C28H38N6O5S. The summed E-state index contributed by atoms with van der Waals surface area (Å²) in [7, 11) is -1.94. The molecule has 0 saturated heterocycles. The number of amides is 2. The van der Waals surface area contributed by atoms with Crippen LogP contribution in [0.25, 0.3) is 0 Å². The summed E-state index contributed by atoms with van der Waals surface area (Å²) in [6, 6.07) is 7.38. The summed E-state index contributed by atoms with van der Waals surface area (Å²) < 4.78 is 36.1. The Bertz CT molecular complexity index is 1440. The van der Waals surface area contributed by atoms with Gasteiger partial charge in [-0.15, -0.1) is 0 Å². The van der Waals surface area contributed by atoms with Gasteiger partial charge in [0, 0.05) is 45.5 Å². The molecule has 1 aromatic carbocycles. The third kappa shape index (κ3) is 5.46. The number of aromatic nitrogens is 2. The van der Waals surface area contributed by atoms with Crippen LogP contribution in [-0.4, -0.2) is 81.3 Å². The lowest BCUT2D eigenvalue weighted by Gasteiger charge is -2.32. The van der Waals surface area contributed by atoms with Crippen LogP contribution in [0.5, 0.6) is 0 Å². The summed E-state index contributed by atoms with van der Waals surface area (Å²) >= 11 is 0. The zero-order chi connectivity index (χ0) is 28.8. The number of hydrogen-bond donors (Lipinski definition) is 1. The molecule has 12 heteroatoms. The van der Waals surface area contributed by atoms with Gasteiger partial charge in [-0.25, -0.2) is 13.2 Å². The molecular weight excluding hydrogens is 532 g/mol. The first-order valence-electron chi connectivity index (χ1n) is 13.7. The lowest BCUT2D eigenvalue weighted by Crippen LogP contribution is -2.47. The van der Waals surface area contributed by atoms with Crippen molar-refractivity contribution in [3.63, 3.8) is 0 Å². The van der Waals surface area contributed by atoms with Crippen molar-refractivity contribution in [3.8, 4) is 0 Å². The van der Waals surface area contributed by atoms with E-state index in [0.717, 1.165) is 22.4 Å². The molecule has 40 heavy (non-hydrogen) atoms. The Kier molecular flexibility index (Phi) is 7.43. The topological polar surface area (TPSA) is 117 Å². The van der Waals surface area contributed by atoms with Crippen LogP contribution in [0.3, 0.4) is 0 Å². The first kappa shape index (κ1) is 28.2. The Morgan fingerprint density at radius 3 is 2.65 bits per heavy atom. The number of fused-ring (bicyclic) bond motifs is 2. The maximum absolute atomic E-state index is 13.6. The van der Waals surface area contributed by atoms with Crippen LogP contribution in [0.1, 0.15) is 50.1 Å². The SMILES string of the molecule is CC1C(S(=O)(=O)N2CCn3nccc3C2)C=C(C(=O)NCc2cccc3c2CN(C(=O)OC(C)(C)C)CC3)N1C. The Labute approximate surface area is 235 Å². The van der Waals surface area contributed by atoms with Crippen LogP contribution < -0.4 is 5.32 Å². The predicted octanol–water partition coefficient (Wildman–Crippen LogP) is 2.22. The molecule has 2 atom stereocenters. The minimum Gasteiger partial charge on any atom is -0.444 e. The fourth-order valence-electron chi connectivity index (χ4n) is 5.54. The number of rotatable bonds is 5. The summed E-state index contributed by atoms with van der Waals surface area (Å²) in [5.74, 6) is -0.332. The van der Waals surface area contributed by atoms with E-state index in [9.17, 15) is 18.0 Å². The third-order valence-corrected chi connectivity index (χ3v) is 10.1. The number of sulfonamides is 1. The Hall–Kier alpha value is -3.38. The van der Waals surface area contributed by atoms with Gasteiger partial charge in [0.05, 0.1) is 24.5 Å². The predicted molar refractivity (Wildman–Crippen MR) is 149 cm³/mol. The van der Waals surface area contributed by atoms with Gasteiger partial charge in [0.1, 0.15) is 10.9 Å². The molecule has 0 bridgehead atoms. The Morgan fingerprint density at radius 1 is 1.12 bits per heavy atom. The second-order valence-corrected chi connectivity index (χ2v) is 13.8. The number of likely N-dealkylation sites (N-methyl/N-ethyl adjacent to an activating group) is 1. The van der Waals surface area contributed by atoms with Gasteiger partial charge in [0.15, 0.2) is 0 Å². The summed E-state index contributed by atoms with van der Waals surface area (Å²) in [5.41, 5.74) is 3.68. The molecule has 0 radical (unpaired) electrons. The Balaban J connectivity index is 1.28. The molecule has 11 nitrogen and oxygen atoms in total. The number of benzene rings is 1. The van der Waals surface area contributed by atoms with Crippen molar-refractivity contribution in [1.82, 2.24) is 29.2 Å². The fraction of sp³-hybridized carbons (Fsp3) is 0.536. The molecule has 2 amide bonds. The normalized spacial score (nSPS) is 21.5. The van der Waals surface area contributed by atoms with Crippen LogP contribution in [0.4, 0.5) is 4.79 Å². The van der Waals surface area contributed by atoms with E-state index >= 15 is 0 Å². The number of hydrogen-bond acceptors (Lipinski definition) is 7. The third-order valence-electron chi connectivity index (χ3n) is 7.89. The quantitative estimate of drug-likeness (QED) is 0.586. The number of carbonyl (C=O) groups excluding carboxylic acids is 2. The van der Waals surface area contributed by atoms with Crippen molar-refractivity contribution >= 4 is 22.0 Å². The molecule has 0 fully saturated rings. The first-order chi connectivity index (χ1) is 18.8. The maximum Gasteiger partial charge on any atom is 0.410 e. The van der Waals surface area contributed by atoms with Gasteiger partial charge >= 0.3 is 6.09 Å². The standard InChI is InChI=1S/C28H38N6O5S/c1-19-25(40(37,38)33-13-14-34-22(17-33)9-11-30-34)15-24(31(19)5)26(35)29-16-21-8-6-7-20-10-12-32(18-23(20)21)27(36)39-28(2,3)4/h6-9,11,15,19,25H,10,12-14,16-18H2,1-5H3,(H,29,35). The highest BCUT2D eigenvalue weighted by molar-refractivity contribution is 7.90. The van der Waals surface area contributed by atoms with Crippen LogP contribution in [-0.2, 0) is 52.2 Å². The Morgan fingerprint density at radius 2 is 1.90 bits per heavy atom. The van der Waals surface area contributed by atoms with E-state index in [1.165, 1.54) is 4.31 Å². The van der Waals surface area contributed by atoms with Gasteiger partial charge in [-0.1, -0.05) is 18.2 Å². The van der Waals surface area contributed by atoms with Gasteiger partial charge in [0.2, 0.25) is 10.0 Å². The highest BCUT2D eigenvalue weighted by Crippen LogP contribution is 2.30. The minimum atomic E-state index is -3.69. The number of nitrogens with one attached hydrogen (secondary N) is 1. The first-order valence-corrected chi connectivity index (χ1v) is 15.2. The highest BCUT2D eigenvalue weighted by atomic mass is 32.2. The number of carbonyl (C=O) groups is 2. The van der Waals surface area contributed by atoms with Gasteiger partial charge in [0.25, 0.3) is 5.91 Å². The van der Waals surface area contributed by atoms with Crippen LogP contribution in [0.15, 0.2) is 42.2 Å². The molecule has 3 aliphatic rings. The molecule has 5 rings (SSSR count). The molecule has 1 aromatic heterocycles. The zero-order valence-electron chi connectivity index (χ0n) is 23.8. The summed E-state index contributed by atoms with van der Waals surface area (Å²) in [4.78, 5) is 29.4. The lowest BCUT2D eigenvalue weighted by atomic mass is 9.95. The fourth-order valence-corrected chi connectivity index (χ4v) is 7.51. The summed E-state index contributed by atoms with van der Waals surface area (Å²) in [6.45, 7) is 9.72. The number of nitrogens with zero attached hydrogens (tertiary/aromatic N) is 5. The minimum absolute atomic E-state index is 0.261. The second-order valence-electron chi connectivity index (χ2n) is 11.7. The van der Waals surface area contributed by atoms with E-state index in [1.807, 2.05) is 56.6 Å².